The Bertz CT molecular complexity index is 562. The first-order chi connectivity index (χ1) is 9.70. The lowest BCUT2D eigenvalue weighted by molar-refractivity contribution is 0.248. The van der Waals surface area contributed by atoms with Gasteiger partial charge in [0, 0.05) is 32.4 Å². The van der Waals surface area contributed by atoms with E-state index in [2.05, 4.69) is 25.0 Å². The first-order valence-corrected chi connectivity index (χ1v) is 7.78. The normalized spacial score (nSPS) is 16.6. The van der Waals surface area contributed by atoms with Gasteiger partial charge in [0.05, 0.1) is 11.6 Å². The molecule has 0 radical (unpaired) electrons. The summed E-state index contributed by atoms with van der Waals surface area (Å²) in [6.07, 6.45) is 1.70. The van der Waals surface area contributed by atoms with Crippen LogP contribution in [0.15, 0.2) is 18.3 Å². The van der Waals surface area contributed by atoms with Crippen LogP contribution in [0.1, 0.15) is 10.0 Å². The molecule has 1 aliphatic heterocycles. The van der Waals surface area contributed by atoms with Gasteiger partial charge in [0.15, 0.2) is 0 Å². The summed E-state index contributed by atoms with van der Waals surface area (Å²) in [6, 6.07) is 3.87. The summed E-state index contributed by atoms with van der Waals surface area (Å²) in [7, 11) is 0. The molecule has 106 valence electrons. The molecule has 0 atom stereocenters. The van der Waals surface area contributed by atoms with E-state index in [1.165, 1.54) is 0 Å². The minimum Gasteiger partial charge on any atom is -0.354 e. The van der Waals surface area contributed by atoms with Crippen molar-refractivity contribution in [1.29, 1.82) is 0 Å². The fraction of sp³-hybridized carbons (Fsp3) is 0.462. The van der Waals surface area contributed by atoms with Crippen LogP contribution in [0, 0.1) is 6.92 Å². The first kappa shape index (κ1) is 13.7. The number of aromatic nitrogens is 3. The molecule has 1 aliphatic rings. The molecular weight excluding hydrogens is 294 g/mol. The second-order valence-corrected chi connectivity index (χ2v) is 6.52. The highest BCUT2D eigenvalue weighted by molar-refractivity contribution is 7.11. The van der Waals surface area contributed by atoms with Gasteiger partial charge in [-0.05, 0) is 19.1 Å². The molecule has 0 unspecified atom stereocenters. The Kier molecular flexibility index (Phi) is 4.14. The standard InChI is InChI=1S/C13H16ClN5S/c1-10-16-17-13(20-10)9-18-4-6-19(7-5-18)12-3-2-11(14)8-15-12/h2-3,8H,4-7,9H2,1H3. The molecule has 3 rings (SSSR count). The lowest BCUT2D eigenvalue weighted by Gasteiger charge is -2.34. The van der Waals surface area contributed by atoms with E-state index >= 15 is 0 Å². The smallest absolute Gasteiger partial charge is 0.131 e. The Hall–Kier alpha value is -1.24. The Morgan fingerprint density at radius 3 is 2.60 bits per heavy atom. The molecule has 1 fully saturated rings. The minimum atomic E-state index is 0.680. The number of piperazine rings is 1. The Morgan fingerprint density at radius 1 is 1.20 bits per heavy atom. The highest BCUT2D eigenvalue weighted by Gasteiger charge is 2.19. The van der Waals surface area contributed by atoms with E-state index in [-0.39, 0.29) is 0 Å². The lowest BCUT2D eigenvalue weighted by atomic mass is 10.3. The van der Waals surface area contributed by atoms with Crippen LogP contribution in [0.3, 0.4) is 0 Å². The van der Waals surface area contributed by atoms with Crippen LogP contribution >= 0.6 is 22.9 Å². The molecule has 0 saturated carbocycles. The zero-order chi connectivity index (χ0) is 13.9. The van der Waals surface area contributed by atoms with E-state index in [0.717, 1.165) is 48.6 Å². The van der Waals surface area contributed by atoms with E-state index in [9.17, 15) is 0 Å². The van der Waals surface area contributed by atoms with E-state index in [1.807, 2.05) is 19.1 Å². The molecule has 0 N–H and O–H groups in total. The number of rotatable bonds is 3. The Morgan fingerprint density at radius 2 is 2.00 bits per heavy atom. The molecule has 0 bridgehead atoms. The second-order valence-electron chi connectivity index (χ2n) is 4.81. The number of hydrogen-bond acceptors (Lipinski definition) is 6. The van der Waals surface area contributed by atoms with E-state index in [0.29, 0.717) is 5.02 Å². The highest BCUT2D eigenvalue weighted by Crippen LogP contribution is 2.17. The van der Waals surface area contributed by atoms with Crippen molar-refractivity contribution < 1.29 is 0 Å². The molecule has 0 spiro atoms. The Balaban J connectivity index is 1.55. The molecular formula is C13H16ClN5S. The first-order valence-electron chi connectivity index (χ1n) is 6.58. The summed E-state index contributed by atoms with van der Waals surface area (Å²) in [5.41, 5.74) is 0. The number of pyridine rings is 1. The third-order valence-corrected chi connectivity index (χ3v) is 4.38. The van der Waals surface area contributed by atoms with E-state index in [4.69, 9.17) is 11.6 Å². The number of anilines is 1. The largest absolute Gasteiger partial charge is 0.354 e. The van der Waals surface area contributed by atoms with Crippen LogP contribution in [0.5, 0.6) is 0 Å². The van der Waals surface area contributed by atoms with Crippen molar-refractivity contribution in [1.82, 2.24) is 20.1 Å². The van der Waals surface area contributed by atoms with Crippen LogP contribution in [-0.4, -0.2) is 46.3 Å². The lowest BCUT2D eigenvalue weighted by Crippen LogP contribution is -2.46. The summed E-state index contributed by atoms with van der Waals surface area (Å²) in [5.74, 6) is 1.00. The van der Waals surface area contributed by atoms with E-state index in [1.54, 1.807) is 17.5 Å². The van der Waals surface area contributed by atoms with Crippen LogP contribution in [-0.2, 0) is 6.54 Å². The van der Waals surface area contributed by atoms with Gasteiger partial charge in [-0.25, -0.2) is 4.98 Å². The predicted octanol–water partition coefficient (Wildman–Crippen LogP) is 2.22. The summed E-state index contributed by atoms with van der Waals surface area (Å²) < 4.78 is 0. The van der Waals surface area contributed by atoms with Crippen molar-refractivity contribution in [2.45, 2.75) is 13.5 Å². The molecule has 2 aromatic rings. The third-order valence-electron chi connectivity index (χ3n) is 3.33. The zero-order valence-electron chi connectivity index (χ0n) is 11.3. The summed E-state index contributed by atoms with van der Waals surface area (Å²) in [5, 5.41) is 11.1. The molecule has 20 heavy (non-hydrogen) atoms. The monoisotopic (exact) mass is 309 g/mol. The average molecular weight is 310 g/mol. The van der Waals surface area contributed by atoms with Gasteiger partial charge in [0.2, 0.25) is 0 Å². The summed E-state index contributed by atoms with van der Waals surface area (Å²) in [4.78, 5) is 9.07. The van der Waals surface area contributed by atoms with Crippen LogP contribution in [0.2, 0.25) is 5.02 Å². The summed E-state index contributed by atoms with van der Waals surface area (Å²) >= 11 is 7.54. The van der Waals surface area contributed by atoms with Gasteiger partial charge >= 0.3 is 0 Å². The molecule has 0 aromatic carbocycles. The molecule has 3 heterocycles. The van der Waals surface area contributed by atoms with Gasteiger partial charge in [-0.3, -0.25) is 4.90 Å². The highest BCUT2D eigenvalue weighted by atomic mass is 35.5. The van der Waals surface area contributed by atoms with Crippen LogP contribution in [0.4, 0.5) is 5.82 Å². The van der Waals surface area contributed by atoms with Gasteiger partial charge in [0.25, 0.3) is 0 Å². The molecule has 0 aliphatic carbocycles. The quantitative estimate of drug-likeness (QED) is 0.870. The van der Waals surface area contributed by atoms with Crippen molar-refractivity contribution in [3.8, 4) is 0 Å². The van der Waals surface area contributed by atoms with Crippen molar-refractivity contribution in [3.05, 3.63) is 33.4 Å². The van der Waals surface area contributed by atoms with Gasteiger partial charge in [-0.15, -0.1) is 21.5 Å². The number of aryl methyl sites for hydroxylation is 1. The molecule has 5 nitrogen and oxygen atoms in total. The van der Waals surface area contributed by atoms with Gasteiger partial charge in [0.1, 0.15) is 15.8 Å². The maximum absolute atomic E-state index is 5.87. The van der Waals surface area contributed by atoms with Gasteiger partial charge < -0.3 is 4.90 Å². The SMILES string of the molecule is Cc1nnc(CN2CCN(c3ccc(Cl)cn3)CC2)s1. The third kappa shape index (κ3) is 3.26. The number of halogens is 1. The summed E-state index contributed by atoms with van der Waals surface area (Å²) in [6.45, 7) is 6.88. The maximum atomic E-state index is 5.87. The van der Waals surface area contributed by atoms with Gasteiger partial charge in [-0.2, -0.15) is 0 Å². The fourth-order valence-corrected chi connectivity index (χ4v) is 3.15. The second kappa shape index (κ2) is 6.03. The van der Waals surface area contributed by atoms with E-state index < -0.39 is 0 Å². The topological polar surface area (TPSA) is 45.2 Å². The van der Waals surface area contributed by atoms with Crippen LogP contribution in [0.25, 0.3) is 0 Å². The molecule has 0 amide bonds. The van der Waals surface area contributed by atoms with Crippen molar-refractivity contribution in [2.24, 2.45) is 0 Å². The fourth-order valence-electron chi connectivity index (χ4n) is 2.28. The zero-order valence-corrected chi connectivity index (χ0v) is 12.9. The Labute approximate surface area is 127 Å². The molecule has 7 heteroatoms. The van der Waals surface area contributed by atoms with Crippen molar-refractivity contribution >= 4 is 28.8 Å². The van der Waals surface area contributed by atoms with Crippen molar-refractivity contribution in [2.75, 3.05) is 31.1 Å². The molecule has 1 saturated heterocycles. The number of hydrogen-bond donors (Lipinski definition) is 0. The molecule has 2 aromatic heterocycles. The van der Waals surface area contributed by atoms with Gasteiger partial charge in [-0.1, -0.05) is 11.6 Å². The number of nitrogens with zero attached hydrogens (tertiary/aromatic N) is 5. The maximum Gasteiger partial charge on any atom is 0.131 e. The minimum absolute atomic E-state index is 0.680. The predicted molar refractivity (Wildman–Crippen MR) is 81.4 cm³/mol. The average Bonchev–Trinajstić information content (AvgIpc) is 2.86. The van der Waals surface area contributed by atoms with Crippen molar-refractivity contribution in [3.63, 3.8) is 0 Å². The van der Waals surface area contributed by atoms with Crippen LogP contribution < -0.4 is 4.90 Å².